The van der Waals surface area contributed by atoms with Crippen LogP contribution in [-0.2, 0) is 13.2 Å². The SMILES string of the molecule is CCOc1cc(CNc2ccc(N3CCCCC3)c(Cl)c2)cc(Cl)c1OCc1ccc(Cl)cc1Cl. The van der Waals surface area contributed by atoms with Crippen LogP contribution >= 0.6 is 46.4 Å². The molecule has 1 aliphatic heterocycles. The number of hydrogen-bond donors (Lipinski definition) is 1. The number of benzene rings is 3. The fraction of sp³-hybridized carbons (Fsp3) is 0.333. The van der Waals surface area contributed by atoms with Crippen LogP contribution in [0.5, 0.6) is 11.5 Å². The van der Waals surface area contributed by atoms with Gasteiger partial charge in [-0.15, -0.1) is 0 Å². The van der Waals surface area contributed by atoms with Gasteiger partial charge in [0, 0.05) is 40.9 Å². The molecule has 1 aliphatic rings. The number of nitrogens with zero attached hydrogens (tertiary/aromatic N) is 1. The van der Waals surface area contributed by atoms with Gasteiger partial charge in [0.05, 0.1) is 22.3 Å². The van der Waals surface area contributed by atoms with Gasteiger partial charge in [-0.05, 0) is 74.2 Å². The average molecular weight is 554 g/mol. The van der Waals surface area contributed by atoms with Crippen LogP contribution in [0.2, 0.25) is 20.1 Å². The van der Waals surface area contributed by atoms with E-state index in [0.29, 0.717) is 39.7 Å². The predicted octanol–water partition coefficient (Wildman–Crippen LogP) is 8.88. The number of ether oxygens (including phenoxy) is 2. The zero-order valence-corrected chi connectivity index (χ0v) is 22.6. The van der Waals surface area contributed by atoms with E-state index in [9.17, 15) is 0 Å². The molecule has 1 N–H and O–H groups in total. The van der Waals surface area contributed by atoms with E-state index in [4.69, 9.17) is 55.9 Å². The molecule has 3 aromatic carbocycles. The first-order valence-corrected chi connectivity index (χ1v) is 13.3. The highest BCUT2D eigenvalue weighted by molar-refractivity contribution is 6.35. The van der Waals surface area contributed by atoms with Gasteiger partial charge < -0.3 is 19.7 Å². The first-order valence-electron chi connectivity index (χ1n) is 11.7. The maximum atomic E-state index is 6.61. The number of hydrogen-bond acceptors (Lipinski definition) is 4. The van der Waals surface area contributed by atoms with Crippen LogP contribution in [0.4, 0.5) is 11.4 Å². The molecule has 1 heterocycles. The third kappa shape index (κ3) is 6.83. The van der Waals surface area contributed by atoms with Crippen LogP contribution in [0.3, 0.4) is 0 Å². The van der Waals surface area contributed by atoms with Crippen molar-refractivity contribution in [3.8, 4) is 11.5 Å². The minimum atomic E-state index is 0.245. The second-order valence-electron chi connectivity index (χ2n) is 8.43. The van der Waals surface area contributed by atoms with E-state index < -0.39 is 0 Å². The smallest absolute Gasteiger partial charge is 0.180 e. The second kappa shape index (κ2) is 12.3. The molecule has 1 saturated heterocycles. The Morgan fingerprint density at radius 3 is 2.34 bits per heavy atom. The van der Waals surface area contributed by atoms with Gasteiger partial charge in [0.2, 0.25) is 0 Å². The highest BCUT2D eigenvalue weighted by Crippen LogP contribution is 2.38. The van der Waals surface area contributed by atoms with E-state index in [1.807, 2.05) is 31.2 Å². The zero-order valence-electron chi connectivity index (χ0n) is 19.6. The van der Waals surface area contributed by atoms with Crippen molar-refractivity contribution < 1.29 is 9.47 Å². The summed E-state index contributed by atoms with van der Waals surface area (Å²) in [7, 11) is 0. The number of anilines is 2. The van der Waals surface area contributed by atoms with Gasteiger partial charge in [0.1, 0.15) is 6.61 Å². The highest BCUT2D eigenvalue weighted by atomic mass is 35.5. The van der Waals surface area contributed by atoms with Gasteiger partial charge >= 0.3 is 0 Å². The monoisotopic (exact) mass is 552 g/mol. The standard InChI is InChI=1S/C27H28Cl4N2O2/c1-2-34-26-13-18(12-24(31)27(26)35-17-19-6-7-20(28)14-22(19)29)16-32-21-8-9-25(23(30)15-21)33-10-4-3-5-11-33/h6-9,12-15,32H,2-5,10-11,16-17H2,1H3. The van der Waals surface area contributed by atoms with Crippen LogP contribution in [0.15, 0.2) is 48.5 Å². The van der Waals surface area contributed by atoms with E-state index in [-0.39, 0.29) is 6.61 Å². The van der Waals surface area contributed by atoms with Crippen molar-refractivity contribution in [2.75, 3.05) is 29.9 Å². The van der Waals surface area contributed by atoms with Crippen molar-refractivity contribution in [1.29, 1.82) is 0 Å². The summed E-state index contributed by atoms with van der Waals surface area (Å²) in [5, 5.41) is 5.77. The van der Waals surface area contributed by atoms with E-state index in [0.717, 1.165) is 40.6 Å². The molecule has 0 aliphatic carbocycles. The molecule has 4 nitrogen and oxygen atoms in total. The van der Waals surface area contributed by atoms with E-state index in [1.165, 1.54) is 19.3 Å². The van der Waals surface area contributed by atoms with E-state index in [1.54, 1.807) is 12.1 Å². The molecule has 3 aromatic rings. The highest BCUT2D eigenvalue weighted by Gasteiger charge is 2.16. The Bertz CT molecular complexity index is 1170. The van der Waals surface area contributed by atoms with Gasteiger partial charge in [-0.2, -0.15) is 0 Å². The zero-order chi connectivity index (χ0) is 24.8. The second-order valence-corrected chi connectivity index (χ2v) is 10.1. The number of rotatable bonds is 9. The summed E-state index contributed by atoms with van der Waals surface area (Å²) < 4.78 is 11.8. The Hall–Kier alpha value is -1.98. The first kappa shape index (κ1) is 26.1. The van der Waals surface area contributed by atoms with Gasteiger partial charge in [-0.1, -0.05) is 52.5 Å². The van der Waals surface area contributed by atoms with Crippen molar-refractivity contribution in [3.05, 3.63) is 79.7 Å². The summed E-state index contributed by atoms with van der Waals surface area (Å²) >= 11 is 25.5. The van der Waals surface area contributed by atoms with Gasteiger partial charge in [-0.25, -0.2) is 0 Å². The Morgan fingerprint density at radius 1 is 0.829 bits per heavy atom. The number of halogens is 4. The van der Waals surface area contributed by atoms with Crippen LogP contribution in [0.25, 0.3) is 0 Å². The molecule has 1 fully saturated rings. The summed E-state index contributed by atoms with van der Waals surface area (Å²) in [4.78, 5) is 2.36. The molecular formula is C27H28Cl4N2O2. The molecule has 8 heteroatoms. The Balaban J connectivity index is 1.45. The molecule has 0 bridgehead atoms. The molecule has 0 spiro atoms. The minimum Gasteiger partial charge on any atom is -0.490 e. The maximum absolute atomic E-state index is 6.61. The summed E-state index contributed by atoms with van der Waals surface area (Å²) in [5.41, 5.74) is 3.82. The van der Waals surface area contributed by atoms with Crippen LogP contribution in [-0.4, -0.2) is 19.7 Å². The van der Waals surface area contributed by atoms with E-state index in [2.05, 4.69) is 22.3 Å². The van der Waals surface area contributed by atoms with Crippen molar-refractivity contribution in [1.82, 2.24) is 0 Å². The van der Waals surface area contributed by atoms with Crippen LogP contribution < -0.4 is 19.7 Å². The molecular weight excluding hydrogens is 526 g/mol. The summed E-state index contributed by atoms with van der Waals surface area (Å²) in [6, 6.07) is 15.2. The van der Waals surface area contributed by atoms with Crippen molar-refractivity contribution in [3.63, 3.8) is 0 Å². The third-order valence-electron chi connectivity index (χ3n) is 5.90. The lowest BCUT2D eigenvalue weighted by molar-refractivity contribution is 0.269. The predicted molar refractivity (Wildman–Crippen MR) is 148 cm³/mol. The lowest BCUT2D eigenvalue weighted by Gasteiger charge is -2.29. The molecule has 0 atom stereocenters. The Kier molecular flexibility index (Phi) is 9.18. The van der Waals surface area contributed by atoms with E-state index >= 15 is 0 Å². The average Bonchev–Trinajstić information content (AvgIpc) is 2.84. The largest absolute Gasteiger partial charge is 0.490 e. The molecule has 0 amide bonds. The van der Waals surface area contributed by atoms with Crippen LogP contribution in [0.1, 0.15) is 37.3 Å². The number of nitrogens with one attached hydrogen (secondary N) is 1. The molecule has 0 saturated carbocycles. The summed E-state index contributed by atoms with van der Waals surface area (Å²) in [5.74, 6) is 1.07. The Morgan fingerprint density at radius 2 is 1.63 bits per heavy atom. The summed E-state index contributed by atoms with van der Waals surface area (Å²) in [6.45, 7) is 5.33. The lowest BCUT2D eigenvalue weighted by atomic mass is 10.1. The molecule has 4 rings (SSSR count). The molecule has 186 valence electrons. The quantitative estimate of drug-likeness (QED) is 0.287. The van der Waals surface area contributed by atoms with Crippen molar-refractivity contribution in [2.24, 2.45) is 0 Å². The Labute approximate surface area is 227 Å². The molecule has 0 aromatic heterocycles. The van der Waals surface area contributed by atoms with Gasteiger partial charge in [0.15, 0.2) is 11.5 Å². The van der Waals surface area contributed by atoms with Gasteiger partial charge in [-0.3, -0.25) is 0 Å². The van der Waals surface area contributed by atoms with Gasteiger partial charge in [0.25, 0.3) is 0 Å². The van der Waals surface area contributed by atoms with Crippen LogP contribution in [0, 0.1) is 0 Å². The number of piperidine rings is 1. The fourth-order valence-electron chi connectivity index (χ4n) is 4.13. The fourth-order valence-corrected chi connectivity index (χ4v) is 5.18. The lowest BCUT2D eigenvalue weighted by Crippen LogP contribution is -2.29. The molecule has 0 radical (unpaired) electrons. The molecule has 0 unspecified atom stereocenters. The minimum absolute atomic E-state index is 0.245. The van der Waals surface area contributed by atoms with Crippen molar-refractivity contribution in [2.45, 2.75) is 39.3 Å². The topological polar surface area (TPSA) is 33.7 Å². The molecule has 35 heavy (non-hydrogen) atoms. The summed E-state index contributed by atoms with van der Waals surface area (Å²) in [6.07, 6.45) is 3.72. The normalized spacial score (nSPS) is 13.6. The first-order chi connectivity index (χ1) is 16.9. The maximum Gasteiger partial charge on any atom is 0.180 e. The van der Waals surface area contributed by atoms with Crippen molar-refractivity contribution >= 4 is 57.8 Å². The third-order valence-corrected chi connectivity index (χ3v) is 7.07.